The molecule has 0 aliphatic rings. The normalized spacial score (nSPS) is 12.8. The second-order valence-electron chi connectivity index (χ2n) is 4.65. The number of halogens is 4. The minimum Gasteiger partial charge on any atom is -0.405 e. The molecule has 1 atom stereocenters. The number of hydrogen-bond acceptors (Lipinski definition) is 3. The second kappa shape index (κ2) is 7.06. The van der Waals surface area contributed by atoms with Crippen molar-refractivity contribution in [2.24, 2.45) is 0 Å². The summed E-state index contributed by atoms with van der Waals surface area (Å²) in [5.41, 5.74) is -3.20. The molecule has 0 spiro atoms. The van der Waals surface area contributed by atoms with Crippen LogP contribution in [0.2, 0.25) is 0 Å². The first kappa shape index (κ1) is 18.4. The summed E-state index contributed by atoms with van der Waals surface area (Å²) >= 11 is -3.65. The number of fused-ring (bicyclic) bond motifs is 1. The Hall–Kier alpha value is -0.670. The molecule has 0 radical (unpaired) electrons. The van der Waals surface area contributed by atoms with Crippen LogP contribution in [-0.4, -0.2) is 0 Å². The molecular formula is C13H14BrF3O3S. The Balaban J connectivity index is 0.000000491. The zero-order valence-corrected chi connectivity index (χ0v) is 13.9. The maximum absolute atomic E-state index is 13.0. The summed E-state index contributed by atoms with van der Waals surface area (Å²) in [5.74, 6) is 0.250. The van der Waals surface area contributed by atoms with Gasteiger partial charge in [0.2, 0.25) is 14.8 Å². The van der Waals surface area contributed by atoms with Crippen LogP contribution in [0.4, 0.5) is 13.2 Å². The highest BCUT2D eigenvalue weighted by atomic mass is 80.0. The number of rotatable bonds is 1. The standard InChI is InChI=1S/C13H14F3S.BrO3/c1-8(2)10-4-5-11-6-9(3)17(12(11)7-10)13(14,15)16;2-1(3)4/h4-8H,1-3H3;/q+1;-1. The van der Waals surface area contributed by atoms with Gasteiger partial charge in [0, 0.05) is 24.4 Å². The van der Waals surface area contributed by atoms with Gasteiger partial charge in [0.15, 0.2) is 9.58 Å². The smallest absolute Gasteiger partial charge is 0.405 e. The molecule has 0 fully saturated rings. The Morgan fingerprint density at radius 2 is 1.62 bits per heavy atom. The molecule has 2 aromatic rings. The Morgan fingerprint density at radius 1 is 1.10 bits per heavy atom. The Morgan fingerprint density at radius 3 is 2.05 bits per heavy atom. The first-order chi connectivity index (χ1) is 9.54. The predicted octanol–water partition coefficient (Wildman–Crippen LogP) is 1.93. The van der Waals surface area contributed by atoms with Crippen molar-refractivity contribution in [2.75, 3.05) is 0 Å². The van der Waals surface area contributed by atoms with Gasteiger partial charge in [0.05, 0.1) is 10.5 Å². The molecule has 3 nitrogen and oxygen atoms in total. The van der Waals surface area contributed by atoms with Crippen LogP contribution in [-0.2, 0) is 5.51 Å². The molecule has 118 valence electrons. The fourth-order valence-electron chi connectivity index (χ4n) is 1.96. The average Bonchev–Trinajstić information content (AvgIpc) is 2.61. The molecular weight excluding hydrogens is 373 g/mol. The summed E-state index contributed by atoms with van der Waals surface area (Å²) in [5, 5.41) is 0.715. The van der Waals surface area contributed by atoms with Crippen LogP contribution in [0.15, 0.2) is 24.3 Å². The van der Waals surface area contributed by atoms with Gasteiger partial charge in [-0.3, -0.25) is 0 Å². The van der Waals surface area contributed by atoms with E-state index in [0.717, 1.165) is 5.56 Å². The van der Waals surface area contributed by atoms with Crippen molar-refractivity contribution in [2.45, 2.75) is 32.2 Å². The first-order valence-corrected chi connectivity index (χ1v) is 9.07. The van der Waals surface area contributed by atoms with Gasteiger partial charge in [0.1, 0.15) is 0 Å². The summed E-state index contributed by atoms with van der Waals surface area (Å²) in [4.78, 5) is 0.411. The van der Waals surface area contributed by atoms with E-state index in [1.54, 1.807) is 25.1 Å². The van der Waals surface area contributed by atoms with E-state index in [9.17, 15) is 13.2 Å². The van der Waals surface area contributed by atoms with Crippen molar-refractivity contribution in [3.8, 4) is 0 Å². The van der Waals surface area contributed by atoms with E-state index in [1.165, 1.54) is 0 Å². The van der Waals surface area contributed by atoms with Crippen LogP contribution >= 0.6 is 10.5 Å². The van der Waals surface area contributed by atoms with E-state index in [1.807, 2.05) is 19.9 Å². The van der Waals surface area contributed by atoms with Crippen LogP contribution < -0.4 is 12.6 Å². The lowest BCUT2D eigenvalue weighted by atomic mass is 10.0. The maximum Gasteiger partial charge on any atom is 0.600 e. The van der Waals surface area contributed by atoms with Crippen LogP contribution in [0.3, 0.4) is 0 Å². The average molecular weight is 387 g/mol. The highest BCUT2D eigenvalue weighted by molar-refractivity contribution is 7.38. The number of aryl methyl sites for hydroxylation is 1. The molecule has 0 bridgehead atoms. The predicted molar refractivity (Wildman–Crippen MR) is 66.6 cm³/mol. The van der Waals surface area contributed by atoms with Crippen LogP contribution in [0.1, 0.15) is 30.2 Å². The van der Waals surface area contributed by atoms with E-state index >= 15 is 0 Å². The molecule has 0 aliphatic carbocycles. The van der Waals surface area contributed by atoms with Crippen molar-refractivity contribution in [3.05, 3.63) is 34.7 Å². The maximum atomic E-state index is 13.0. The van der Waals surface area contributed by atoms with E-state index < -0.39 is 30.8 Å². The fourth-order valence-corrected chi connectivity index (χ4v) is 3.79. The van der Waals surface area contributed by atoms with Crippen molar-refractivity contribution in [1.29, 1.82) is 0 Å². The van der Waals surface area contributed by atoms with Gasteiger partial charge in [-0.05, 0) is 17.5 Å². The first-order valence-electron chi connectivity index (χ1n) is 5.90. The highest BCUT2D eigenvalue weighted by Gasteiger charge is 2.46. The molecule has 1 aromatic carbocycles. The summed E-state index contributed by atoms with van der Waals surface area (Å²) in [6.07, 6.45) is 0. The van der Waals surface area contributed by atoms with E-state index in [2.05, 4.69) is 0 Å². The largest absolute Gasteiger partial charge is 0.600 e. The van der Waals surface area contributed by atoms with Crippen molar-refractivity contribution in [3.63, 3.8) is 0 Å². The Bertz CT molecular complexity index is 606. The second-order valence-corrected chi connectivity index (χ2v) is 7.60. The third-order valence-electron chi connectivity index (χ3n) is 2.84. The molecule has 0 aliphatic heterocycles. The van der Waals surface area contributed by atoms with E-state index in [4.69, 9.17) is 12.6 Å². The lowest BCUT2D eigenvalue weighted by molar-refractivity contribution is -1.73. The molecule has 0 saturated heterocycles. The third kappa shape index (κ3) is 4.93. The van der Waals surface area contributed by atoms with Crippen LogP contribution in [0, 0.1) is 21.7 Å². The number of alkyl halides is 3. The topological polar surface area (TPSA) is 69.2 Å². The molecule has 0 N–H and O–H groups in total. The van der Waals surface area contributed by atoms with Gasteiger partial charge in [-0.25, -0.2) is 0 Å². The van der Waals surface area contributed by atoms with Crippen LogP contribution in [0.25, 0.3) is 10.1 Å². The summed E-state index contributed by atoms with van der Waals surface area (Å²) < 4.78 is 65.0. The fraction of sp³-hybridized carbons (Fsp3) is 0.385. The Labute approximate surface area is 128 Å². The Kier molecular flexibility index (Phi) is 6.18. The number of hydrogen-bond donors (Lipinski definition) is 0. The SMILES string of the molecule is Cc1cc2ccc(C(C)C)cc2[s+]1C(F)(F)F.[O-][Br+2]([O-])[O-]. The zero-order valence-electron chi connectivity index (χ0n) is 11.5. The van der Waals surface area contributed by atoms with Gasteiger partial charge in [-0.1, -0.05) is 19.9 Å². The van der Waals surface area contributed by atoms with Crippen LogP contribution in [0.5, 0.6) is 0 Å². The van der Waals surface area contributed by atoms with Gasteiger partial charge in [-0.2, -0.15) is 0 Å². The summed E-state index contributed by atoms with van der Waals surface area (Å²) in [7, 11) is -1.73. The summed E-state index contributed by atoms with van der Waals surface area (Å²) in [6.45, 7) is 5.54. The molecule has 1 heterocycles. The molecule has 0 amide bonds. The lowest BCUT2D eigenvalue weighted by Crippen LogP contribution is -2.42. The van der Waals surface area contributed by atoms with Crippen molar-refractivity contribution < 1.29 is 40.6 Å². The number of benzene rings is 1. The zero-order chi connectivity index (χ0) is 16.4. The van der Waals surface area contributed by atoms with Gasteiger partial charge in [-0.15, -0.1) is 13.2 Å². The molecule has 8 heteroatoms. The quantitative estimate of drug-likeness (QED) is 0.703. The molecule has 1 unspecified atom stereocenters. The van der Waals surface area contributed by atoms with Crippen molar-refractivity contribution in [1.82, 2.24) is 0 Å². The number of thiophene rings is 1. The van der Waals surface area contributed by atoms with Gasteiger partial charge in [0.25, 0.3) is 0 Å². The molecule has 21 heavy (non-hydrogen) atoms. The minimum absolute atomic E-state index is 0.250. The van der Waals surface area contributed by atoms with Gasteiger partial charge >= 0.3 is 5.51 Å². The van der Waals surface area contributed by atoms with Crippen molar-refractivity contribution >= 4 is 20.6 Å². The highest BCUT2D eigenvalue weighted by Crippen LogP contribution is 2.50. The molecule has 2 rings (SSSR count). The van der Waals surface area contributed by atoms with E-state index in [-0.39, 0.29) is 5.92 Å². The monoisotopic (exact) mass is 386 g/mol. The van der Waals surface area contributed by atoms with Gasteiger partial charge < -0.3 is 12.6 Å². The minimum atomic E-state index is -4.17. The van der Waals surface area contributed by atoms with E-state index in [0.29, 0.717) is 15.0 Å². The molecule has 0 saturated carbocycles. The molecule has 1 aromatic heterocycles. The third-order valence-corrected chi connectivity index (χ3v) is 4.85. The lowest BCUT2D eigenvalue weighted by Gasteiger charge is -2.04. The summed E-state index contributed by atoms with van der Waals surface area (Å²) in [6, 6.07) is 7.07.